The van der Waals surface area contributed by atoms with Gasteiger partial charge in [-0.3, -0.25) is 4.79 Å². The topological polar surface area (TPSA) is 131 Å². The van der Waals surface area contributed by atoms with Crippen LogP contribution < -0.4 is 16.0 Å². The van der Waals surface area contributed by atoms with Crippen LogP contribution in [0.3, 0.4) is 0 Å². The number of hydrogen-bond acceptors (Lipinski definition) is 8. The van der Waals surface area contributed by atoms with E-state index < -0.39 is 27.3 Å². The quantitative estimate of drug-likeness (QED) is 0.712. The van der Waals surface area contributed by atoms with E-state index in [4.69, 9.17) is 5.73 Å². The third-order valence-corrected chi connectivity index (χ3v) is 4.73. The first kappa shape index (κ1) is 19.5. The zero-order chi connectivity index (χ0) is 19.3. The molecular weight excluding hydrogens is 363 g/mol. The van der Waals surface area contributed by atoms with Crippen molar-refractivity contribution < 1.29 is 17.6 Å². The Bertz CT molecular complexity index is 887. The van der Waals surface area contributed by atoms with Crippen LogP contribution in [-0.4, -0.2) is 49.1 Å². The Morgan fingerprint density at radius 1 is 1.19 bits per heavy atom. The molecule has 26 heavy (non-hydrogen) atoms. The molecule has 0 atom stereocenters. The molecule has 3 N–H and O–H groups in total. The van der Waals surface area contributed by atoms with E-state index in [-0.39, 0.29) is 29.9 Å². The third kappa shape index (κ3) is 5.92. The minimum atomic E-state index is -3.64. The predicted octanol–water partition coefficient (Wildman–Crippen LogP) is 0.602. The average molecular weight is 382 g/mol. The number of aromatic nitrogens is 3. The lowest BCUT2D eigenvalue weighted by Crippen LogP contribution is -2.21. The number of halogens is 1. The number of nitrogens with two attached hydrogens (primary N) is 1. The highest BCUT2D eigenvalue weighted by molar-refractivity contribution is 7.90. The van der Waals surface area contributed by atoms with Crippen LogP contribution in [-0.2, 0) is 20.4 Å². The van der Waals surface area contributed by atoms with Gasteiger partial charge in [0.05, 0.1) is 5.75 Å². The summed E-state index contributed by atoms with van der Waals surface area (Å²) in [5.74, 6) is -1.59. The van der Waals surface area contributed by atoms with Gasteiger partial charge in [0.25, 0.3) is 0 Å². The predicted molar refractivity (Wildman–Crippen MR) is 95.7 cm³/mol. The summed E-state index contributed by atoms with van der Waals surface area (Å²) in [4.78, 5) is 25.2. The Labute approximate surface area is 150 Å². The molecule has 140 valence electrons. The average Bonchev–Trinajstić information content (AvgIpc) is 2.54. The van der Waals surface area contributed by atoms with Gasteiger partial charge >= 0.3 is 0 Å². The number of nitrogen functional groups attached to an aromatic ring is 1. The van der Waals surface area contributed by atoms with Crippen LogP contribution in [0, 0.1) is 5.82 Å². The lowest BCUT2D eigenvalue weighted by atomic mass is 10.3. The number of anilines is 3. The summed E-state index contributed by atoms with van der Waals surface area (Å²) in [5.41, 5.74) is 5.94. The molecule has 0 bridgehead atoms. The molecule has 0 aliphatic rings. The number of sulfone groups is 1. The zero-order valence-electron chi connectivity index (χ0n) is 14.3. The summed E-state index contributed by atoms with van der Waals surface area (Å²) in [6.45, 7) is 0. The van der Waals surface area contributed by atoms with Crippen molar-refractivity contribution >= 4 is 33.3 Å². The van der Waals surface area contributed by atoms with Crippen LogP contribution in [0.4, 0.5) is 22.0 Å². The van der Waals surface area contributed by atoms with Crippen LogP contribution in [0.5, 0.6) is 0 Å². The van der Waals surface area contributed by atoms with Crippen molar-refractivity contribution in [3.63, 3.8) is 0 Å². The zero-order valence-corrected chi connectivity index (χ0v) is 15.1. The van der Waals surface area contributed by atoms with E-state index in [1.54, 1.807) is 19.0 Å². The highest BCUT2D eigenvalue weighted by Gasteiger charge is 2.18. The Balaban J connectivity index is 1.96. The molecule has 11 heteroatoms. The Hall–Kier alpha value is -2.82. The Morgan fingerprint density at radius 2 is 1.85 bits per heavy atom. The number of hydrogen-bond donors (Lipinski definition) is 2. The van der Waals surface area contributed by atoms with Crippen molar-refractivity contribution in [2.24, 2.45) is 0 Å². The first-order valence-electron chi connectivity index (χ1n) is 7.58. The van der Waals surface area contributed by atoms with E-state index in [0.29, 0.717) is 5.69 Å². The van der Waals surface area contributed by atoms with E-state index in [1.165, 1.54) is 24.3 Å². The number of rotatable bonds is 7. The molecule has 1 amide bonds. The van der Waals surface area contributed by atoms with Crippen molar-refractivity contribution in [1.29, 1.82) is 0 Å². The van der Waals surface area contributed by atoms with Gasteiger partial charge in [-0.15, -0.1) is 0 Å². The van der Waals surface area contributed by atoms with Gasteiger partial charge in [0.2, 0.25) is 17.8 Å². The maximum atomic E-state index is 12.8. The van der Waals surface area contributed by atoms with E-state index in [0.717, 1.165) is 0 Å². The van der Waals surface area contributed by atoms with Gasteiger partial charge in [-0.05, 0) is 24.3 Å². The van der Waals surface area contributed by atoms with Gasteiger partial charge in [-0.1, -0.05) is 0 Å². The maximum Gasteiger partial charge on any atom is 0.229 e. The monoisotopic (exact) mass is 382 g/mol. The van der Waals surface area contributed by atoms with Gasteiger partial charge in [-0.25, -0.2) is 12.8 Å². The largest absolute Gasteiger partial charge is 0.368 e. The Morgan fingerprint density at radius 3 is 2.46 bits per heavy atom. The highest BCUT2D eigenvalue weighted by Crippen LogP contribution is 2.11. The SMILES string of the molecule is CN(C)c1nc(N)nc(CS(=O)(=O)CCC(=O)Nc2ccc(F)cc2)n1. The fraction of sp³-hybridized carbons (Fsp3) is 0.333. The van der Waals surface area contributed by atoms with Crippen LogP contribution in [0.25, 0.3) is 0 Å². The second-order valence-corrected chi connectivity index (χ2v) is 7.89. The summed E-state index contributed by atoms with van der Waals surface area (Å²) in [7, 11) is -0.261. The van der Waals surface area contributed by atoms with Gasteiger partial charge in [0, 0.05) is 26.2 Å². The standard InChI is InChI=1S/C15H19FN6O3S/c1-22(2)15-20-12(19-14(17)21-15)9-26(24,25)8-7-13(23)18-11-5-3-10(16)4-6-11/h3-6H,7-9H2,1-2H3,(H,18,23)(H2,17,19,20,21). The number of carbonyl (C=O) groups is 1. The van der Waals surface area contributed by atoms with E-state index in [1.807, 2.05) is 0 Å². The molecule has 0 aliphatic heterocycles. The van der Waals surface area contributed by atoms with E-state index >= 15 is 0 Å². The third-order valence-electron chi connectivity index (χ3n) is 3.20. The van der Waals surface area contributed by atoms with Crippen molar-refractivity contribution in [1.82, 2.24) is 15.0 Å². The molecule has 1 aromatic carbocycles. The van der Waals surface area contributed by atoms with Gasteiger partial charge < -0.3 is 16.0 Å². The maximum absolute atomic E-state index is 12.8. The van der Waals surface area contributed by atoms with Crippen LogP contribution in [0.1, 0.15) is 12.2 Å². The van der Waals surface area contributed by atoms with Crippen molar-refractivity contribution in [2.45, 2.75) is 12.2 Å². The van der Waals surface area contributed by atoms with E-state index in [2.05, 4.69) is 20.3 Å². The lowest BCUT2D eigenvalue weighted by molar-refractivity contribution is -0.115. The molecule has 0 saturated carbocycles. The molecule has 0 aliphatic carbocycles. The van der Waals surface area contributed by atoms with Crippen LogP contribution in [0.2, 0.25) is 0 Å². The minimum absolute atomic E-state index is 0.0140. The fourth-order valence-electron chi connectivity index (χ4n) is 1.96. The number of carbonyl (C=O) groups excluding carboxylic acids is 1. The molecule has 2 aromatic rings. The van der Waals surface area contributed by atoms with E-state index in [9.17, 15) is 17.6 Å². The number of nitrogens with one attached hydrogen (secondary N) is 1. The fourth-order valence-corrected chi connectivity index (χ4v) is 3.13. The Kier molecular flexibility index (Phi) is 6.03. The summed E-state index contributed by atoms with van der Waals surface area (Å²) >= 11 is 0. The molecule has 1 aromatic heterocycles. The van der Waals surface area contributed by atoms with Crippen LogP contribution >= 0.6 is 0 Å². The van der Waals surface area contributed by atoms with Crippen molar-refractivity contribution in [3.05, 3.63) is 35.9 Å². The lowest BCUT2D eigenvalue weighted by Gasteiger charge is -2.11. The summed E-state index contributed by atoms with van der Waals surface area (Å²) in [5, 5.41) is 2.50. The summed E-state index contributed by atoms with van der Waals surface area (Å²) < 4.78 is 37.2. The smallest absolute Gasteiger partial charge is 0.229 e. The van der Waals surface area contributed by atoms with Gasteiger partial charge in [0.1, 0.15) is 11.6 Å². The van der Waals surface area contributed by atoms with Crippen molar-refractivity contribution in [2.75, 3.05) is 35.8 Å². The molecule has 0 fully saturated rings. The number of nitrogens with zero attached hydrogens (tertiary/aromatic N) is 4. The molecule has 9 nitrogen and oxygen atoms in total. The summed E-state index contributed by atoms with van der Waals surface area (Å²) in [6, 6.07) is 5.16. The minimum Gasteiger partial charge on any atom is -0.368 e. The first-order valence-corrected chi connectivity index (χ1v) is 9.40. The van der Waals surface area contributed by atoms with Gasteiger partial charge in [0.15, 0.2) is 15.7 Å². The second kappa shape index (κ2) is 8.04. The normalized spacial score (nSPS) is 11.2. The highest BCUT2D eigenvalue weighted by atomic mass is 32.2. The molecular formula is C15H19FN6O3S. The molecule has 0 spiro atoms. The van der Waals surface area contributed by atoms with Crippen LogP contribution in [0.15, 0.2) is 24.3 Å². The van der Waals surface area contributed by atoms with Crippen molar-refractivity contribution in [3.8, 4) is 0 Å². The molecule has 1 heterocycles. The summed E-state index contributed by atoms with van der Waals surface area (Å²) in [6.07, 6.45) is -0.249. The molecule has 0 unspecified atom stereocenters. The van der Waals surface area contributed by atoms with Gasteiger partial charge in [-0.2, -0.15) is 15.0 Å². The molecule has 2 rings (SSSR count). The first-order chi connectivity index (χ1) is 12.1. The number of benzene rings is 1. The number of amides is 1. The molecule has 0 saturated heterocycles. The second-order valence-electron chi connectivity index (χ2n) is 5.70. The molecule has 0 radical (unpaired) electrons.